The Labute approximate surface area is 196 Å². The summed E-state index contributed by atoms with van der Waals surface area (Å²) in [6.45, 7) is 2.16. The lowest BCUT2D eigenvalue weighted by atomic mass is 10.1. The number of benzene rings is 2. The van der Waals surface area contributed by atoms with Crippen molar-refractivity contribution in [3.05, 3.63) is 65.5 Å². The van der Waals surface area contributed by atoms with Gasteiger partial charge in [-0.2, -0.15) is 4.99 Å². The van der Waals surface area contributed by atoms with E-state index in [1.54, 1.807) is 48.3 Å². The fourth-order valence-electron chi connectivity index (χ4n) is 3.79. The van der Waals surface area contributed by atoms with E-state index in [0.29, 0.717) is 17.8 Å². The van der Waals surface area contributed by atoms with Crippen LogP contribution in [0.1, 0.15) is 35.2 Å². The molecule has 2 aromatic rings. The first-order valence-electron chi connectivity index (χ1n) is 10.8. The Balaban J connectivity index is 1.28. The first kappa shape index (κ1) is 23.0. The van der Waals surface area contributed by atoms with Crippen molar-refractivity contribution in [1.82, 2.24) is 9.80 Å². The highest BCUT2D eigenvalue weighted by Gasteiger charge is 2.33. The van der Waals surface area contributed by atoms with Gasteiger partial charge in [-0.1, -0.05) is 23.9 Å². The summed E-state index contributed by atoms with van der Waals surface area (Å²) in [5, 5.41) is 3.01. The van der Waals surface area contributed by atoms with Crippen molar-refractivity contribution in [2.45, 2.75) is 31.1 Å². The number of carbonyl (C=O) groups excluding carboxylic acids is 3. The number of anilines is 1. The second kappa shape index (κ2) is 10.2. The van der Waals surface area contributed by atoms with E-state index >= 15 is 0 Å². The first-order valence-corrected chi connectivity index (χ1v) is 11.7. The molecule has 4 rings (SSSR count). The minimum absolute atomic E-state index is 0.0471. The predicted octanol–water partition coefficient (Wildman–Crippen LogP) is 3.52. The molecule has 0 aromatic heterocycles. The van der Waals surface area contributed by atoms with Crippen LogP contribution in [0.15, 0.2) is 53.5 Å². The van der Waals surface area contributed by atoms with Crippen molar-refractivity contribution in [3.63, 3.8) is 0 Å². The molecular weight excluding hydrogens is 443 g/mol. The quantitative estimate of drug-likeness (QED) is 0.702. The maximum atomic E-state index is 13.1. The van der Waals surface area contributed by atoms with E-state index in [9.17, 15) is 18.8 Å². The van der Waals surface area contributed by atoms with Crippen LogP contribution >= 0.6 is 11.8 Å². The van der Waals surface area contributed by atoms with Gasteiger partial charge in [0.2, 0.25) is 5.91 Å². The molecule has 0 unspecified atom stereocenters. The minimum atomic E-state index is -0.499. The lowest BCUT2D eigenvalue weighted by Crippen LogP contribution is -2.26. The number of thioether (sulfide) groups is 1. The number of hydrogen-bond donors (Lipinski definition) is 1. The van der Waals surface area contributed by atoms with Gasteiger partial charge in [0.1, 0.15) is 11.1 Å². The molecule has 0 spiro atoms. The van der Waals surface area contributed by atoms with Crippen molar-refractivity contribution in [1.29, 1.82) is 0 Å². The van der Waals surface area contributed by atoms with E-state index < -0.39 is 5.25 Å². The Morgan fingerprint density at radius 2 is 1.79 bits per heavy atom. The monoisotopic (exact) mass is 468 g/mol. The molecule has 0 aliphatic carbocycles. The summed E-state index contributed by atoms with van der Waals surface area (Å²) in [6.07, 6.45) is 2.24. The predicted molar refractivity (Wildman–Crippen MR) is 127 cm³/mol. The Kier molecular flexibility index (Phi) is 7.08. The second-order valence-corrected chi connectivity index (χ2v) is 9.32. The summed E-state index contributed by atoms with van der Waals surface area (Å²) < 4.78 is 13.1. The van der Waals surface area contributed by atoms with Gasteiger partial charge >= 0.3 is 0 Å². The van der Waals surface area contributed by atoms with Crippen molar-refractivity contribution in [2.24, 2.45) is 4.99 Å². The van der Waals surface area contributed by atoms with Gasteiger partial charge in [-0.05, 0) is 54.8 Å². The molecular formula is C24H25FN4O3S. The summed E-state index contributed by atoms with van der Waals surface area (Å²) >= 11 is 1.36. The third-order valence-electron chi connectivity index (χ3n) is 5.57. The van der Waals surface area contributed by atoms with Crippen LogP contribution in [0.2, 0.25) is 0 Å². The molecule has 0 radical (unpaired) electrons. The van der Waals surface area contributed by atoms with Crippen LogP contribution in [0.4, 0.5) is 10.1 Å². The SMILES string of the molecule is CN(Cc1ccc(F)cc1)C(=O)c1ccc(NC(=O)C[C@@H]2SC(N3CCCC3)=NC2=O)cc1. The molecule has 2 aromatic carbocycles. The summed E-state index contributed by atoms with van der Waals surface area (Å²) in [5.41, 5.74) is 1.85. The second-order valence-electron chi connectivity index (χ2n) is 8.15. The highest BCUT2D eigenvalue weighted by molar-refractivity contribution is 8.15. The van der Waals surface area contributed by atoms with Crippen LogP contribution in [-0.2, 0) is 16.1 Å². The zero-order chi connectivity index (χ0) is 23.4. The Morgan fingerprint density at radius 1 is 1.12 bits per heavy atom. The molecule has 1 fully saturated rings. The molecule has 1 saturated heterocycles. The van der Waals surface area contributed by atoms with E-state index in [-0.39, 0.29) is 30.0 Å². The normalized spacial score (nSPS) is 17.8. The molecule has 2 heterocycles. The molecule has 1 N–H and O–H groups in total. The molecule has 172 valence electrons. The van der Waals surface area contributed by atoms with Gasteiger partial charge in [0.05, 0.1) is 0 Å². The van der Waals surface area contributed by atoms with E-state index in [2.05, 4.69) is 15.2 Å². The number of rotatable bonds is 6. The van der Waals surface area contributed by atoms with Crippen LogP contribution in [-0.4, -0.2) is 58.1 Å². The average Bonchev–Trinajstić information content (AvgIpc) is 3.46. The first-order chi connectivity index (χ1) is 15.9. The summed E-state index contributed by atoms with van der Waals surface area (Å²) in [4.78, 5) is 45.1. The Bertz CT molecular complexity index is 1070. The fourth-order valence-corrected chi connectivity index (χ4v) is 4.90. The Morgan fingerprint density at radius 3 is 2.45 bits per heavy atom. The maximum absolute atomic E-state index is 13.1. The number of nitrogens with one attached hydrogen (secondary N) is 1. The summed E-state index contributed by atoms with van der Waals surface area (Å²) in [5.74, 6) is -1.04. The molecule has 3 amide bonds. The number of aliphatic imine (C=N–C) groups is 1. The summed E-state index contributed by atoms with van der Waals surface area (Å²) in [7, 11) is 1.68. The van der Waals surface area contributed by atoms with Gasteiger partial charge in [0.15, 0.2) is 5.17 Å². The third-order valence-corrected chi connectivity index (χ3v) is 6.78. The molecule has 2 aliphatic heterocycles. The van der Waals surface area contributed by atoms with Gasteiger partial charge in [-0.3, -0.25) is 14.4 Å². The van der Waals surface area contributed by atoms with Crippen molar-refractivity contribution < 1.29 is 18.8 Å². The van der Waals surface area contributed by atoms with Crippen LogP contribution in [0.25, 0.3) is 0 Å². The third kappa shape index (κ3) is 5.78. The fraction of sp³-hybridized carbons (Fsp3) is 0.333. The number of nitrogens with zero attached hydrogens (tertiary/aromatic N) is 3. The minimum Gasteiger partial charge on any atom is -0.351 e. The summed E-state index contributed by atoms with van der Waals surface area (Å²) in [6, 6.07) is 12.6. The molecule has 33 heavy (non-hydrogen) atoms. The van der Waals surface area contributed by atoms with Crippen LogP contribution in [0, 0.1) is 5.82 Å². The highest BCUT2D eigenvalue weighted by atomic mass is 32.2. The smallest absolute Gasteiger partial charge is 0.262 e. The zero-order valence-electron chi connectivity index (χ0n) is 18.3. The van der Waals surface area contributed by atoms with Gasteiger partial charge < -0.3 is 15.1 Å². The van der Waals surface area contributed by atoms with Crippen molar-refractivity contribution in [3.8, 4) is 0 Å². The number of amidine groups is 1. The van der Waals surface area contributed by atoms with Gasteiger partial charge in [-0.15, -0.1) is 0 Å². The lowest BCUT2D eigenvalue weighted by Gasteiger charge is -2.18. The Hall–Kier alpha value is -3.20. The van der Waals surface area contributed by atoms with Crippen LogP contribution in [0.3, 0.4) is 0 Å². The standard InChI is InChI=1S/C24H25FN4O3S/c1-28(15-16-4-8-18(25)9-5-16)23(32)17-6-10-19(11-7-17)26-21(30)14-20-22(31)27-24(33-20)29-12-2-3-13-29/h4-11,20H,2-3,12-15H2,1H3,(H,26,30)/t20-/m0/s1. The van der Waals surface area contributed by atoms with Crippen LogP contribution in [0.5, 0.6) is 0 Å². The van der Waals surface area contributed by atoms with Crippen molar-refractivity contribution in [2.75, 3.05) is 25.5 Å². The number of carbonyl (C=O) groups is 3. The molecule has 7 nitrogen and oxygen atoms in total. The maximum Gasteiger partial charge on any atom is 0.262 e. The van der Waals surface area contributed by atoms with E-state index in [0.717, 1.165) is 36.7 Å². The molecule has 2 aliphatic rings. The molecule has 1 atom stereocenters. The van der Waals surface area contributed by atoms with Gasteiger partial charge in [0.25, 0.3) is 11.8 Å². The van der Waals surface area contributed by atoms with E-state index in [4.69, 9.17) is 0 Å². The average molecular weight is 469 g/mol. The van der Waals surface area contributed by atoms with Crippen LogP contribution < -0.4 is 5.32 Å². The number of hydrogen-bond acceptors (Lipinski definition) is 5. The number of amides is 3. The number of halogens is 1. The molecule has 0 bridgehead atoms. The largest absolute Gasteiger partial charge is 0.351 e. The molecule has 9 heteroatoms. The molecule has 0 saturated carbocycles. The van der Waals surface area contributed by atoms with E-state index in [1.807, 2.05) is 0 Å². The zero-order valence-corrected chi connectivity index (χ0v) is 19.1. The lowest BCUT2D eigenvalue weighted by molar-refractivity contribution is -0.121. The van der Waals surface area contributed by atoms with Gasteiger partial charge in [-0.25, -0.2) is 4.39 Å². The van der Waals surface area contributed by atoms with Gasteiger partial charge in [0, 0.05) is 44.4 Å². The van der Waals surface area contributed by atoms with Crippen molar-refractivity contribution >= 4 is 40.3 Å². The highest BCUT2D eigenvalue weighted by Crippen LogP contribution is 2.29. The van der Waals surface area contributed by atoms with E-state index in [1.165, 1.54) is 23.9 Å². The number of likely N-dealkylation sites (tertiary alicyclic amines) is 1. The topological polar surface area (TPSA) is 82.1 Å².